The second-order valence-electron chi connectivity index (χ2n) is 6.54. The van der Waals surface area contributed by atoms with Crippen LogP contribution in [-0.2, 0) is 4.74 Å². The largest absolute Gasteiger partial charge is 0.444 e. The van der Waals surface area contributed by atoms with Gasteiger partial charge >= 0.3 is 6.09 Å². The molecule has 0 saturated carbocycles. The summed E-state index contributed by atoms with van der Waals surface area (Å²) in [5.74, 6) is 0. The molecule has 20 heavy (non-hydrogen) atoms. The normalized spacial score (nSPS) is 21.9. The molecule has 3 N–H and O–H groups in total. The van der Waals surface area contributed by atoms with Gasteiger partial charge in [-0.15, -0.1) is 0 Å². The lowest BCUT2D eigenvalue weighted by molar-refractivity contribution is 0.0501. The van der Waals surface area contributed by atoms with Gasteiger partial charge in [0, 0.05) is 18.6 Å². The molecular formula is C15H31N3O2. The minimum absolute atomic E-state index is 0.126. The lowest BCUT2D eigenvalue weighted by Gasteiger charge is -2.25. The van der Waals surface area contributed by atoms with Crippen molar-refractivity contribution >= 4 is 6.09 Å². The lowest BCUT2D eigenvalue weighted by Crippen LogP contribution is -2.46. The molecule has 0 bridgehead atoms. The van der Waals surface area contributed by atoms with Gasteiger partial charge in [-0.05, 0) is 59.5 Å². The molecule has 2 unspecified atom stereocenters. The van der Waals surface area contributed by atoms with Gasteiger partial charge in [0.1, 0.15) is 5.60 Å². The third kappa shape index (κ3) is 7.70. The molecule has 5 nitrogen and oxygen atoms in total. The first kappa shape index (κ1) is 17.2. The Hall–Kier alpha value is -0.810. The smallest absolute Gasteiger partial charge is 0.407 e. The third-order valence-electron chi connectivity index (χ3n) is 3.44. The maximum absolute atomic E-state index is 11.8. The second-order valence-corrected chi connectivity index (χ2v) is 6.54. The van der Waals surface area contributed by atoms with Gasteiger partial charge in [-0.1, -0.05) is 6.92 Å². The Bertz CT molecular complexity index is 281. The Morgan fingerprint density at radius 2 is 2.10 bits per heavy atom. The summed E-state index contributed by atoms with van der Waals surface area (Å²) < 4.78 is 5.29. The molecule has 0 aromatic rings. The SMILES string of the molecule is CCC(CNC1CCCNCC1)NC(=O)OC(C)(C)C. The molecule has 1 saturated heterocycles. The fourth-order valence-corrected chi connectivity index (χ4v) is 2.30. The summed E-state index contributed by atoms with van der Waals surface area (Å²) in [4.78, 5) is 11.8. The number of amides is 1. The Morgan fingerprint density at radius 3 is 2.75 bits per heavy atom. The van der Waals surface area contributed by atoms with Crippen LogP contribution in [0.15, 0.2) is 0 Å². The van der Waals surface area contributed by atoms with E-state index in [0.717, 1.165) is 32.5 Å². The molecule has 0 aromatic heterocycles. The van der Waals surface area contributed by atoms with E-state index in [1.165, 1.54) is 12.8 Å². The van der Waals surface area contributed by atoms with Crippen molar-refractivity contribution in [2.24, 2.45) is 0 Å². The van der Waals surface area contributed by atoms with Crippen LogP contribution in [0.25, 0.3) is 0 Å². The highest BCUT2D eigenvalue weighted by atomic mass is 16.6. The number of nitrogens with one attached hydrogen (secondary N) is 3. The van der Waals surface area contributed by atoms with Crippen LogP contribution >= 0.6 is 0 Å². The zero-order valence-corrected chi connectivity index (χ0v) is 13.4. The summed E-state index contributed by atoms with van der Waals surface area (Å²) in [5, 5.41) is 9.92. The van der Waals surface area contributed by atoms with Crippen LogP contribution in [0.2, 0.25) is 0 Å². The van der Waals surface area contributed by atoms with E-state index < -0.39 is 5.60 Å². The molecule has 1 aliphatic heterocycles. The van der Waals surface area contributed by atoms with Crippen molar-refractivity contribution in [1.29, 1.82) is 0 Å². The first-order valence-electron chi connectivity index (χ1n) is 7.84. The predicted octanol–water partition coefficient (Wildman–Crippen LogP) is 2.02. The number of hydrogen-bond donors (Lipinski definition) is 3. The summed E-state index contributed by atoms with van der Waals surface area (Å²) in [6.07, 6.45) is 4.15. The number of rotatable bonds is 5. The Balaban J connectivity index is 2.29. The van der Waals surface area contributed by atoms with Crippen LogP contribution in [0.4, 0.5) is 4.79 Å². The van der Waals surface area contributed by atoms with Gasteiger partial charge in [-0.3, -0.25) is 0 Å². The van der Waals surface area contributed by atoms with E-state index in [-0.39, 0.29) is 12.1 Å². The maximum atomic E-state index is 11.8. The fraction of sp³-hybridized carbons (Fsp3) is 0.933. The molecule has 5 heteroatoms. The van der Waals surface area contributed by atoms with Gasteiger partial charge in [0.2, 0.25) is 0 Å². The van der Waals surface area contributed by atoms with Crippen molar-refractivity contribution in [1.82, 2.24) is 16.0 Å². The highest BCUT2D eigenvalue weighted by Crippen LogP contribution is 2.08. The molecule has 0 aliphatic carbocycles. The van der Waals surface area contributed by atoms with Crippen LogP contribution in [0.1, 0.15) is 53.4 Å². The van der Waals surface area contributed by atoms with Crippen LogP contribution < -0.4 is 16.0 Å². The summed E-state index contributed by atoms with van der Waals surface area (Å²) in [7, 11) is 0. The highest BCUT2D eigenvalue weighted by molar-refractivity contribution is 5.68. The molecule has 0 spiro atoms. The minimum atomic E-state index is -0.442. The van der Waals surface area contributed by atoms with Crippen molar-refractivity contribution < 1.29 is 9.53 Å². The highest BCUT2D eigenvalue weighted by Gasteiger charge is 2.19. The van der Waals surface area contributed by atoms with Crippen LogP contribution in [0.3, 0.4) is 0 Å². The van der Waals surface area contributed by atoms with Gasteiger partial charge < -0.3 is 20.7 Å². The molecule has 0 radical (unpaired) electrons. The predicted molar refractivity (Wildman–Crippen MR) is 82.0 cm³/mol. The van der Waals surface area contributed by atoms with Gasteiger partial charge in [-0.2, -0.15) is 0 Å². The Morgan fingerprint density at radius 1 is 1.35 bits per heavy atom. The van der Waals surface area contributed by atoms with Gasteiger partial charge in [0.25, 0.3) is 0 Å². The number of carbonyl (C=O) groups excluding carboxylic acids is 1. The first-order chi connectivity index (χ1) is 9.40. The van der Waals surface area contributed by atoms with Crippen molar-refractivity contribution in [2.75, 3.05) is 19.6 Å². The Kier molecular flexibility index (Phi) is 7.30. The van der Waals surface area contributed by atoms with Gasteiger partial charge in [0.15, 0.2) is 0 Å². The van der Waals surface area contributed by atoms with E-state index >= 15 is 0 Å². The summed E-state index contributed by atoms with van der Waals surface area (Å²) >= 11 is 0. The molecule has 1 fully saturated rings. The van der Waals surface area contributed by atoms with Crippen LogP contribution in [0.5, 0.6) is 0 Å². The van der Waals surface area contributed by atoms with Crippen molar-refractivity contribution in [3.63, 3.8) is 0 Å². The van der Waals surface area contributed by atoms with Gasteiger partial charge in [-0.25, -0.2) is 4.79 Å². The molecule has 0 aromatic carbocycles. The van der Waals surface area contributed by atoms with Crippen molar-refractivity contribution in [2.45, 2.75) is 71.1 Å². The fourth-order valence-electron chi connectivity index (χ4n) is 2.30. The molecule has 1 aliphatic rings. The molecule has 2 atom stereocenters. The maximum Gasteiger partial charge on any atom is 0.407 e. The monoisotopic (exact) mass is 285 g/mol. The van der Waals surface area contributed by atoms with E-state index in [9.17, 15) is 4.79 Å². The zero-order chi connectivity index (χ0) is 15.0. The Labute approximate surface area is 123 Å². The van der Waals surface area contributed by atoms with E-state index in [1.807, 2.05) is 20.8 Å². The van der Waals surface area contributed by atoms with E-state index in [1.54, 1.807) is 0 Å². The molecule has 1 heterocycles. The lowest BCUT2D eigenvalue weighted by atomic mass is 10.1. The number of alkyl carbamates (subject to hydrolysis) is 1. The topological polar surface area (TPSA) is 62.4 Å². The second kappa shape index (κ2) is 8.47. The average molecular weight is 285 g/mol. The van der Waals surface area contributed by atoms with E-state index in [0.29, 0.717) is 6.04 Å². The summed E-state index contributed by atoms with van der Waals surface area (Å²) in [6.45, 7) is 10.7. The number of ether oxygens (including phenoxy) is 1. The van der Waals surface area contributed by atoms with Crippen LogP contribution in [0, 0.1) is 0 Å². The number of carbonyl (C=O) groups is 1. The quantitative estimate of drug-likeness (QED) is 0.723. The van der Waals surface area contributed by atoms with E-state index in [2.05, 4.69) is 22.9 Å². The molecule has 1 rings (SSSR count). The van der Waals surface area contributed by atoms with Crippen LogP contribution in [-0.4, -0.2) is 43.4 Å². The van der Waals surface area contributed by atoms with E-state index in [4.69, 9.17) is 4.74 Å². The standard InChI is InChI=1S/C15H31N3O2/c1-5-12(18-14(19)20-15(2,3)4)11-17-13-7-6-9-16-10-8-13/h12-13,16-17H,5-11H2,1-4H3,(H,18,19). The summed E-state index contributed by atoms with van der Waals surface area (Å²) in [6, 6.07) is 0.681. The zero-order valence-electron chi connectivity index (χ0n) is 13.4. The third-order valence-corrected chi connectivity index (χ3v) is 3.44. The summed E-state index contributed by atoms with van der Waals surface area (Å²) in [5.41, 5.74) is -0.442. The average Bonchev–Trinajstić information content (AvgIpc) is 2.60. The van der Waals surface area contributed by atoms with Gasteiger partial charge in [0.05, 0.1) is 0 Å². The molecule has 1 amide bonds. The first-order valence-corrected chi connectivity index (χ1v) is 7.84. The number of hydrogen-bond acceptors (Lipinski definition) is 4. The minimum Gasteiger partial charge on any atom is -0.444 e. The molecule has 118 valence electrons. The van der Waals surface area contributed by atoms with Crippen molar-refractivity contribution in [3.8, 4) is 0 Å². The van der Waals surface area contributed by atoms with Crippen molar-refractivity contribution in [3.05, 3.63) is 0 Å². The molecular weight excluding hydrogens is 254 g/mol.